The molecular formula is C19H18ClNOS. The lowest BCUT2D eigenvalue weighted by atomic mass is 10.1. The Kier molecular flexibility index (Phi) is 6.51. The van der Waals surface area contributed by atoms with E-state index in [0.717, 1.165) is 33.1 Å². The van der Waals surface area contributed by atoms with Crippen LogP contribution in [0.4, 0.5) is 0 Å². The largest absolute Gasteiger partial charge is 0.497 e. The number of hydrogen-bond donors (Lipinski definition) is 0. The maximum Gasteiger partial charge on any atom is 0.129 e. The number of benzene rings is 1. The van der Waals surface area contributed by atoms with Crippen molar-refractivity contribution in [3.8, 4) is 16.9 Å². The zero-order valence-electron chi connectivity index (χ0n) is 13.0. The van der Waals surface area contributed by atoms with Crippen molar-refractivity contribution in [1.82, 2.24) is 4.98 Å². The summed E-state index contributed by atoms with van der Waals surface area (Å²) in [5, 5.41) is 0.470. The topological polar surface area (TPSA) is 22.1 Å². The normalized spacial score (nSPS) is 11.1. The zero-order valence-corrected chi connectivity index (χ0v) is 14.5. The third kappa shape index (κ3) is 4.75. The summed E-state index contributed by atoms with van der Waals surface area (Å²) in [6.07, 6.45) is 7.36. The monoisotopic (exact) mass is 343 g/mol. The molecule has 1 heterocycles. The summed E-state index contributed by atoms with van der Waals surface area (Å²) < 4.78 is 5.31. The van der Waals surface area contributed by atoms with Crippen LogP contribution in [0.15, 0.2) is 78.4 Å². The van der Waals surface area contributed by atoms with Crippen LogP contribution in [0.25, 0.3) is 11.1 Å². The predicted octanol–water partition coefficient (Wildman–Crippen LogP) is 5.80. The smallest absolute Gasteiger partial charge is 0.129 e. The van der Waals surface area contributed by atoms with E-state index in [1.165, 1.54) is 0 Å². The third-order valence-corrected chi connectivity index (χ3v) is 4.52. The van der Waals surface area contributed by atoms with Gasteiger partial charge in [-0.25, -0.2) is 4.98 Å². The molecule has 0 amide bonds. The van der Waals surface area contributed by atoms with E-state index in [4.69, 9.17) is 16.3 Å². The Morgan fingerprint density at radius 1 is 1.35 bits per heavy atom. The molecule has 4 heteroatoms. The summed E-state index contributed by atoms with van der Waals surface area (Å²) in [6.45, 7) is 7.55. The Morgan fingerprint density at radius 2 is 2.17 bits per heavy atom. The van der Waals surface area contributed by atoms with Gasteiger partial charge in [0, 0.05) is 16.8 Å². The number of pyridine rings is 1. The first-order chi connectivity index (χ1) is 11.2. The first kappa shape index (κ1) is 17.4. The second kappa shape index (κ2) is 8.61. The minimum absolute atomic E-state index is 0.470. The number of halogens is 1. The van der Waals surface area contributed by atoms with Gasteiger partial charge >= 0.3 is 0 Å². The second-order valence-corrected chi connectivity index (χ2v) is 6.11. The van der Waals surface area contributed by atoms with Gasteiger partial charge in [-0.1, -0.05) is 55.1 Å². The average molecular weight is 344 g/mol. The molecular weight excluding hydrogens is 326 g/mol. The van der Waals surface area contributed by atoms with Gasteiger partial charge in [-0.05, 0) is 34.9 Å². The fourth-order valence-corrected chi connectivity index (χ4v) is 3.19. The highest BCUT2D eigenvalue weighted by Gasteiger charge is 2.09. The van der Waals surface area contributed by atoms with Gasteiger partial charge in [-0.15, -0.1) is 11.8 Å². The molecule has 0 fully saturated rings. The van der Waals surface area contributed by atoms with Crippen LogP contribution in [0, 0.1) is 0 Å². The summed E-state index contributed by atoms with van der Waals surface area (Å²) in [5.74, 6) is 1.60. The van der Waals surface area contributed by atoms with E-state index in [-0.39, 0.29) is 0 Å². The SMILES string of the molecule is C=C/C=C(\C=C)CSc1cnc(Cl)cc1-c1cccc(OC)c1. The second-order valence-electron chi connectivity index (χ2n) is 4.71. The Balaban J connectivity index is 2.35. The number of allylic oxidation sites excluding steroid dienone is 3. The Bertz CT molecular complexity index is 740. The van der Waals surface area contributed by atoms with Crippen LogP contribution in [-0.4, -0.2) is 17.8 Å². The fourth-order valence-electron chi connectivity index (χ4n) is 2.04. The fraction of sp³-hybridized carbons (Fsp3) is 0.105. The molecule has 2 aromatic rings. The number of methoxy groups -OCH3 is 1. The van der Waals surface area contributed by atoms with Gasteiger partial charge in [-0.3, -0.25) is 0 Å². The molecule has 0 aliphatic rings. The van der Waals surface area contributed by atoms with E-state index in [2.05, 4.69) is 18.1 Å². The standard InChI is InChI=1S/C19H18ClNOS/c1-4-7-14(5-2)13-23-18-12-21-19(20)11-17(18)15-8-6-9-16(10-15)22-3/h4-12H,1-2,13H2,3H3/b14-7+. The molecule has 2 rings (SSSR count). The Labute approximate surface area is 146 Å². The average Bonchev–Trinajstić information content (AvgIpc) is 2.59. The first-order valence-corrected chi connectivity index (χ1v) is 8.41. The van der Waals surface area contributed by atoms with Gasteiger partial charge < -0.3 is 4.74 Å². The molecule has 23 heavy (non-hydrogen) atoms. The molecule has 0 unspecified atom stereocenters. The van der Waals surface area contributed by atoms with Crippen molar-refractivity contribution in [1.29, 1.82) is 0 Å². The molecule has 0 spiro atoms. The lowest BCUT2D eigenvalue weighted by Gasteiger charge is -2.11. The number of rotatable bonds is 7. The van der Waals surface area contributed by atoms with E-state index < -0.39 is 0 Å². The summed E-state index contributed by atoms with van der Waals surface area (Å²) in [5.41, 5.74) is 3.19. The third-order valence-electron chi connectivity index (χ3n) is 3.20. The van der Waals surface area contributed by atoms with E-state index in [9.17, 15) is 0 Å². The van der Waals surface area contributed by atoms with Crippen molar-refractivity contribution in [3.63, 3.8) is 0 Å². The van der Waals surface area contributed by atoms with Crippen LogP contribution in [0.3, 0.4) is 0 Å². The molecule has 0 aliphatic carbocycles. The van der Waals surface area contributed by atoms with Crippen LogP contribution in [0.2, 0.25) is 5.15 Å². The van der Waals surface area contributed by atoms with Gasteiger partial charge in [0.05, 0.1) is 7.11 Å². The molecule has 0 saturated heterocycles. The number of hydrogen-bond acceptors (Lipinski definition) is 3. The van der Waals surface area contributed by atoms with E-state index in [1.807, 2.05) is 42.5 Å². The molecule has 0 radical (unpaired) electrons. The van der Waals surface area contributed by atoms with Crippen LogP contribution < -0.4 is 4.74 Å². The molecule has 1 aromatic heterocycles. The maximum absolute atomic E-state index is 6.09. The minimum atomic E-state index is 0.470. The van der Waals surface area contributed by atoms with Crippen molar-refractivity contribution in [2.75, 3.05) is 12.9 Å². The molecule has 0 bridgehead atoms. The number of thioether (sulfide) groups is 1. The van der Waals surface area contributed by atoms with Gasteiger partial charge in [-0.2, -0.15) is 0 Å². The minimum Gasteiger partial charge on any atom is -0.497 e. The molecule has 2 nitrogen and oxygen atoms in total. The molecule has 1 aromatic carbocycles. The van der Waals surface area contributed by atoms with Gasteiger partial charge in [0.2, 0.25) is 0 Å². The maximum atomic E-state index is 6.09. The number of aromatic nitrogens is 1. The number of ether oxygens (including phenoxy) is 1. The van der Waals surface area contributed by atoms with Crippen molar-refractivity contribution in [3.05, 3.63) is 78.6 Å². The lowest BCUT2D eigenvalue weighted by Crippen LogP contribution is -1.90. The van der Waals surface area contributed by atoms with Crippen LogP contribution >= 0.6 is 23.4 Å². The van der Waals surface area contributed by atoms with E-state index in [1.54, 1.807) is 31.1 Å². The van der Waals surface area contributed by atoms with Crippen LogP contribution in [-0.2, 0) is 0 Å². The Hall–Kier alpha value is -1.97. The summed E-state index contributed by atoms with van der Waals surface area (Å²) in [6, 6.07) is 9.78. The predicted molar refractivity (Wildman–Crippen MR) is 100 cm³/mol. The Morgan fingerprint density at radius 3 is 2.87 bits per heavy atom. The van der Waals surface area contributed by atoms with Crippen LogP contribution in [0.1, 0.15) is 0 Å². The van der Waals surface area contributed by atoms with Crippen LogP contribution in [0.5, 0.6) is 5.75 Å². The molecule has 0 N–H and O–H groups in total. The summed E-state index contributed by atoms with van der Waals surface area (Å²) >= 11 is 7.78. The highest BCUT2D eigenvalue weighted by atomic mass is 35.5. The highest BCUT2D eigenvalue weighted by molar-refractivity contribution is 7.99. The number of nitrogens with zero attached hydrogens (tertiary/aromatic N) is 1. The lowest BCUT2D eigenvalue weighted by molar-refractivity contribution is 0.415. The van der Waals surface area contributed by atoms with Crippen molar-refractivity contribution in [2.45, 2.75) is 4.90 Å². The molecule has 118 valence electrons. The van der Waals surface area contributed by atoms with Gasteiger partial charge in [0.15, 0.2) is 0 Å². The zero-order chi connectivity index (χ0) is 16.7. The first-order valence-electron chi connectivity index (χ1n) is 7.04. The highest BCUT2D eigenvalue weighted by Crippen LogP contribution is 2.34. The molecule has 0 atom stereocenters. The van der Waals surface area contributed by atoms with Gasteiger partial charge in [0.1, 0.15) is 10.9 Å². The summed E-state index contributed by atoms with van der Waals surface area (Å²) in [4.78, 5) is 5.26. The summed E-state index contributed by atoms with van der Waals surface area (Å²) in [7, 11) is 1.66. The van der Waals surface area contributed by atoms with E-state index in [0.29, 0.717) is 5.15 Å². The molecule has 0 aliphatic heterocycles. The van der Waals surface area contributed by atoms with Crippen molar-refractivity contribution in [2.24, 2.45) is 0 Å². The van der Waals surface area contributed by atoms with E-state index >= 15 is 0 Å². The molecule has 0 saturated carbocycles. The van der Waals surface area contributed by atoms with Gasteiger partial charge in [0.25, 0.3) is 0 Å². The van der Waals surface area contributed by atoms with Crippen molar-refractivity contribution < 1.29 is 4.74 Å². The quantitative estimate of drug-likeness (QED) is 0.360. The van der Waals surface area contributed by atoms with Crippen molar-refractivity contribution >= 4 is 23.4 Å².